The molecule has 2 rings (SSSR count). The number of fused-ring (bicyclic) bond motifs is 1. The molecule has 0 saturated heterocycles. The van der Waals surface area contributed by atoms with Crippen LogP contribution in [0.15, 0.2) is 4.99 Å². The number of hydrogen-bond acceptors (Lipinski definition) is 5. The van der Waals surface area contributed by atoms with Crippen molar-refractivity contribution < 1.29 is 9.53 Å². The standard InChI is InChI=1S/C18H33N7O2/c1-17(2,3)27-16(26)22-18(4,5)12-21-15(19-6)20-11-14-24-23-13-9-7-8-10-25(13)14/h7-12H2,1-6H3,(H,22,26)(H2,19,20,21). The first-order valence-corrected chi connectivity index (χ1v) is 9.46. The van der Waals surface area contributed by atoms with Crippen LogP contribution in [0.4, 0.5) is 4.79 Å². The first-order chi connectivity index (χ1) is 12.6. The van der Waals surface area contributed by atoms with Crippen molar-refractivity contribution in [2.24, 2.45) is 4.99 Å². The molecule has 9 nitrogen and oxygen atoms in total. The number of aromatic nitrogens is 3. The molecule has 3 N–H and O–H groups in total. The van der Waals surface area contributed by atoms with Gasteiger partial charge in [0.05, 0.1) is 12.1 Å². The lowest BCUT2D eigenvalue weighted by Crippen LogP contribution is -2.54. The Morgan fingerprint density at radius 3 is 2.59 bits per heavy atom. The molecular weight excluding hydrogens is 346 g/mol. The highest BCUT2D eigenvalue weighted by molar-refractivity contribution is 5.79. The summed E-state index contributed by atoms with van der Waals surface area (Å²) in [6.45, 7) is 11.4. The largest absolute Gasteiger partial charge is 0.444 e. The number of amides is 1. The number of nitrogens with one attached hydrogen (secondary N) is 3. The lowest BCUT2D eigenvalue weighted by molar-refractivity contribution is 0.0474. The lowest BCUT2D eigenvalue weighted by atomic mass is 10.1. The topological polar surface area (TPSA) is 105 Å². The summed E-state index contributed by atoms with van der Waals surface area (Å²) in [6, 6.07) is 0. The van der Waals surface area contributed by atoms with E-state index in [0.29, 0.717) is 19.0 Å². The van der Waals surface area contributed by atoms with Gasteiger partial charge in [-0.15, -0.1) is 10.2 Å². The number of nitrogens with zero attached hydrogens (tertiary/aromatic N) is 4. The number of alkyl carbamates (subject to hydrolysis) is 1. The molecule has 0 saturated carbocycles. The average molecular weight is 380 g/mol. The van der Waals surface area contributed by atoms with Gasteiger partial charge in [-0.25, -0.2) is 4.79 Å². The molecule has 1 amide bonds. The molecule has 152 valence electrons. The van der Waals surface area contributed by atoms with E-state index in [1.807, 2.05) is 34.6 Å². The quantitative estimate of drug-likeness (QED) is 0.530. The fraction of sp³-hybridized carbons (Fsp3) is 0.778. The second-order valence-corrected chi connectivity index (χ2v) is 8.43. The van der Waals surface area contributed by atoms with E-state index in [2.05, 4.69) is 35.7 Å². The summed E-state index contributed by atoms with van der Waals surface area (Å²) < 4.78 is 7.49. The first-order valence-electron chi connectivity index (χ1n) is 9.46. The van der Waals surface area contributed by atoms with Gasteiger partial charge in [0.25, 0.3) is 0 Å². The molecule has 0 aliphatic carbocycles. The van der Waals surface area contributed by atoms with Crippen molar-refractivity contribution in [2.45, 2.75) is 78.1 Å². The Kier molecular flexibility index (Phi) is 6.67. The minimum atomic E-state index is -0.525. The third-order valence-corrected chi connectivity index (χ3v) is 4.11. The summed E-state index contributed by atoms with van der Waals surface area (Å²) in [5.74, 6) is 2.62. The zero-order valence-corrected chi connectivity index (χ0v) is 17.3. The summed E-state index contributed by atoms with van der Waals surface area (Å²) in [6.07, 6.45) is 2.89. The molecule has 2 heterocycles. The fourth-order valence-corrected chi connectivity index (χ4v) is 2.81. The molecule has 0 fully saturated rings. The molecule has 0 atom stereocenters. The Balaban J connectivity index is 1.82. The molecule has 27 heavy (non-hydrogen) atoms. The molecule has 0 unspecified atom stereocenters. The molecular formula is C18H33N7O2. The van der Waals surface area contributed by atoms with Crippen LogP contribution in [0.2, 0.25) is 0 Å². The van der Waals surface area contributed by atoms with Crippen LogP contribution in [0.25, 0.3) is 0 Å². The van der Waals surface area contributed by atoms with E-state index < -0.39 is 17.2 Å². The average Bonchev–Trinajstić information content (AvgIpc) is 2.96. The molecule has 0 bridgehead atoms. The van der Waals surface area contributed by atoms with Crippen molar-refractivity contribution in [3.63, 3.8) is 0 Å². The molecule has 1 aromatic rings. The summed E-state index contributed by atoms with van der Waals surface area (Å²) in [5.41, 5.74) is -1.03. The van der Waals surface area contributed by atoms with E-state index in [9.17, 15) is 4.79 Å². The van der Waals surface area contributed by atoms with Crippen molar-refractivity contribution in [1.29, 1.82) is 0 Å². The highest BCUT2D eigenvalue weighted by atomic mass is 16.6. The molecule has 1 aliphatic heterocycles. The van der Waals surface area contributed by atoms with Gasteiger partial charge < -0.3 is 25.3 Å². The first kappa shape index (κ1) is 21.0. The SMILES string of the molecule is CN=C(NCc1nnc2n1CCCC2)NCC(C)(C)NC(=O)OC(C)(C)C. The van der Waals surface area contributed by atoms with E-state index in [0.717, 1.165) is 31.0 Å². The zero-order valence-electron chi connectivity index (χ0n) is 17.3. The molecule has 9 heteroatoms. The normalized spacial score (nSPS) is 15.1. The van der Waals surface area contributed by atoms with Crippen molar-refractivity contribution in [2.75, 3.05) is 13.6 Å². The number of carbonyl (C=O) groups excluding carboxylic acids is 1. The number of guanidine groups is 1. The molecule has 1 aromatic heterocycles. The number of carbonyl (C=O) groups is 1. The smallest absolute Gasteiger partial charge is 0.408 e. The summed E-state index contributed by atoms with van der Waals surface area (Å²) in [4.78, 5) is 16.2. The summed E-state index contributed by atoms with van der Waals surface area (Å²) in [5, 5.41) is 17.9. The second kappa shape index (κ2) is 8.58. The molecule has 0 aromatic carbocycles. The van der Waals surface area contributed by atoms with Gasteiger partial charge in [0.1, 0.15) is 11.4 Å². The number of rotatable bonds is 5. The fourth-order valence-electron chi connectivity index (χ4n) is 2.81. The van der Waals surface area contributed by atoms with Crippen molar-refractivity contribution >= 4 is 12.1 Å². The Morgan fingerprint density at radius 2 is 1.93 bits per heavy atom. The van der Waals surface area contributed by atoms with E-state index in [4.69, 9.17) is 4.74 Å². The Morgan fingerprint density at radius 1 is 1.19 bits per heavy atom. The van der Waals surface area contributed by atoms with Crippen LogP contribution in [-0.4, -0.2) is 51.5 Å². The number of hydrogen-bond donors (Lipinski definition) is 3. The van der Waals surface area contributed by atoms with Gasteiger partial charge in [0.2, 0.25) is 0 Å². The minimum Gasteiger partial charge on any atom is -0.444 e. The Hall–Kier alpha value is -2.32. The van der Waals surface area contributed by atoms with E-state index in [1.54, 1.807) is 7.05 Å². The van der Waals surface area contributed by atoms with Crippen LogP contribution in [0.1, 0.15) is 59.1 Å². The van der Waals surface area contributed by atoms with E-state index in [-0.39, 0.29) is 0 Å². The van der Waals surface area contributed by atoms with Crippen LogP contribution < -0.4 is 16.0 Å². The van der Waals surface area contributed by atoms with Crippen LogP contribution >= 0.6 is 0 Å². The Bertz CT molecular complexity index is 674. The summed E-state index contributed by atoms with van der Waals surface area (Å²) in [7, 11) is 1.71. The second-order valence-electron chi connectivity index (χ2n) is 8.43. The van der Waals surface area contributed by atoms with Gasteiger partial charge >= 0.3 is 6.09 Å². The lowest BCUT2D eigenvalue weighted by Gasteiger charge is -2.29. The maximum absolute atomic E-state index is 12.0. The number of aliphatic imine (C=N–C) groups is 1. The zero-order chi connectivity index (χ0) is 20.1. The van der Waals surface area contributed by atoms with E-state index >= 15 is 0 Å². The van der Waals surface area contributed by atoms with Crippen LogP contribution in [-0.2, 0) is 24.2 Å². The maximum atomic E-state index is 12.0. The summed E-state index contributed by atoms with van der Waals surface area (Å²) >= 11 is 0. The van der Waals surface area contributed by atoms with Crippen molar-refractivity contribution in [1.82, 2.24) is 30.7 Å². The highest BCUT2D eigenvalue weighted by Crippen LogP contribution is 2.14. The van der Waals surface area contributed by atoms with Gasteiger partial charge in [-0.1, -0.05) is 0 Å². The monoisotopic (exact) mass is 379 g/mol. The van der Waals surface area contributed by atoms with Gasteiger partial charge in [-0.3, -0.25) is 4.99 Å². The molecule has 0 radical (unpaired) electrons. The third-order valence-electron chi connectivity index (χ3n) is 4.11. The minimum absolute atomic E-state index is 0.438. The molecule has 0 spiro atoms. The van der Waals surface area contributed by atoms with Gasteiger partial charge in [-0.2, -0.15) is 0 Å². The van der Waals surface area contributed by atoms with Crippen molar-refractivity contribution in [3.05, 3.63) is 11.6 Å². The van der Waals surface area contributed by atoms with Crippen molar-refractivity contribution in [3.8, 4) is 0 Å². The predicted octanol–water partition coefficient (Wildman–Crippen LogP) is 1.58. The maximum Gasteiger partial charge on any atom is 0.408 e. The van der Waals surface area contributed by atoms with Gasteiger partial charge in [-0.05, 0) is 47.5 Å². The van der Waals surface area contributed by atoms with Crippen LogP contribution in [0, 0.1) is 0 Å². The number of aryl methyl sites for hydroxylation is 1. The van der Waals surface area contributed by atoms with Crippen LogP contribution in [0.3, 0.4) is 0 Å². The Labute approximate surface area is 161 Å². The number of ether oxygens (including phenoxy) is 1. The van der Waals surface area contributed by atoms with E-state index in [1.165, 1.54) is 6.42 Å². The molecule has 1 aliphatic rings. The third kappa shape index (κ3) is 6.73. The van der Waals surface area contributed by atoms with Gasteiger partial charge in [0, 0.05) is 26.6 Å². The van der Waals surface area contributed by atoms with Gasteiger partial charge in [0.15, 0.2) is 11.8 Å². The van der Waals surface area contributed by atoms with Crippen LogP contribution in [0.5, 0.6) is 0 Å². The predicted molar refractivity (Wildman–Crippen MR) is 105 cm³/mol. The highest BCUT2D eigenvalue weighted by Gasteiger charge is 2.25.